The van der Waals surface area contributed by atoms with Crippen molar-refractivity contribution in [3.63, 3.8) is 0 Å². The SMILES string of the molecule is Cc1ccccc1OCCCSc1nnc(N2CCCC2)n1Cc1ccco1. The lowest BCUT2D eigenvalue weighted by molar-refractivity contribution is 0.316. The van der Waals surface area contributed by atoms with E-state index in [-0.39, 0.29) is 0 Å². The Morgan fingerprint density at radius 3 is 2.75 bits per heavy atom. The molecule has 148 valence electrons. The normalized spacial score (nSPS) is 14.0. The van der Waals surface area contributed by atoms with Gasteiger partial charge in [-0.25, -0.2) is 0 Å². The minimum Gasteiger partial charge on any atom is -0.493 e. The number of rotatable bonds is 9. The molecule has 0 spiro atoms. The zero-order chi connectivity index (χ0) is 19.2. The minimum atomic E-state index is 0.661. The van der Waals surface area contributed by atoms with E-state index in [1.54, 1.807) is 18.0 Å². The third-order valence-corrected chi connectivity index (χ3v) is 5.90. The number of furan rings is 1. The molecule has 1 aromatic carbocycles. The van der Waals surface area contributed by atoms with Gasteiger partial charge in [0.25, 0.3) is 0 Å². The zero-order valence-corrected chi connectivity index (χ0v) is 17.0. The van der Waals surface area contributed by atoms with Crippen LogP contribution in [-0.4, -0.2) is 40.2 Å². The molecule has 1 fully saturated rings. The van der Waals surface area contributed by atoms with Crippen molar-refractivity contribution in [1.29, 1.82) is 0 Å². The van der Waals surface area contributed by atoms with Gasteiger partial charge in [-0.05, 0) is 49.9 Å². The second-order valence-electron chi connectivity index (χ2n) is 6.96. The Bertz CT molecular complexity index is 872. The molecule has 3 aromatic rings. The number of aromatic nitrogens is 3. The maximum Gasteiger partial charge on any atom is 0.228 e. The van der Waals surface area contributed by atoms with Crippen molar-refractivity contribution in [3.8, 4) is 5.75 Å². The Morgan fingerprint density at radius 2 is 1.96 bits per heavy atom. The summed E-state index contributed by atoms with van der Waals surface area (Å²) >= 11 is 1.73. The van der Waals surface area contributed by atoms with Gasteiger partial charge in [0, 0.05) is 18.8 Å². The van der Waals surface area contributed by atoms with Gasteiger partial charge in [-0.15, -0.1) is 10.2 Å². The number of anilines is 1. The van der Waals surface area contributed by atoms with Gasteiger partial charge in [-0.2, -0.15) is 0 Å². The van der Waals surface area contributed by atoms with E-state index in [4.69, 9.17) is 9.15 Å². The fraction of sp³-hybridized carbons (Fsp3) is 0.429. The fourth-order valence-electron chi connectivity index (χ4n) is 3.36. The third-order valence-electron chi connectivity index (χ3n) is 4.85. The first kappa shape index (κ1) is 18.9. The molecule has 0 amide bonds. The summed E-state index contributed by atoms with van der Waals surface area (Å²) < 4.78 is 13.6. The number of para-hydroxylation sites is 1. The van der Waals surface area contributed by atoms with E-state index in [1.807, 2.05) is 30.3 Å². The molecule has 1 aliphatic heterocycles. The van der Waals surface area contributed by atoms with Crippen LogP contribution in [-0.2, 0) is 6.54 Å². The molecule has 4 rings (SSSR count). The lowest BCUT2D eigenvalue weighted by Crippen LogP contribution is -2.22. The summed E-state index contributed by atoms with van der Waals surface area (Å²) in [7, 11) is 0. The van der Waals surface area contributed by atoms with Crippen LogP contribution in [0.3, 0.4) is 0 Å². The minimum absolute atomic E-state index is 0.661. The number of hydrogen-bond donors (Lipinski definition) is 0. The molecule has 0 saturated carbocycles. The second-order valence-corrected chi connectivity index (χ2v) is 8.02. The van der Waals surface area contributed by atoms with Crippen LogP contribution < -0.4 is 9.64 Å². The van der Waals surface area contributed by atoms with Crippen LogP contribution in [0.15, 0.2) is 52.2 Å². The topological polar surface area (TPSA) is 56.3 Å². The molecule has 2 aromatic heterocycles. The van der Waals surface area contributed by atoms with Crippen LogP contribution in [0, 0.1) is 6.92 Å². The second kappa shape index (κ2) is 9.19. The van der Waals surface area contributed by atoms with Gasteiger partial charge in [0.05, 0.1) is 19.4 Å². The molecule has 0 N–H and O–H groups in total. The van der Waals surface area contributed by atoms with E-state index in [2.05, 4.69) is 32.7 Å². The van der Waals surface area contributed by atoms with Crippen molar-refractivity contribution < 1.29 is 9.15 Å². The van der Waals surface area contributed by atoms with E-state index >= 15 is 0 Å². The summed E-state index contributed by atoms with van der Waals surface area (Å²) in [6.45, 7) is 5.52. The molecule has 1 aliphatic rings. The third kappa shape index (κ3) is 4.52. The van der Waals surface area contributed by atoms with Crippen molar-refractivity contribution in [2.45, 2.75) is 37.9 Å². The summed E-state index contributed by atoms with van der Waals surface area (Å²) in [5.74, 6) is 3.77. The van der Waals surface area contributed by atoms with Crippen molar-refractivity contribution in [1.82, 2.24) is 14.8 Å². The highest BCUT2D eigenvalue weighted by Crippen LogP contribution is 2.26. The van der Waals surface area contributed by atoms with Crippen LogP contribution in [0.1, 0.15) is 30.6 Å². The fourth-order valence-corrected chi connectivity index (χ4v) is 4.20. The maximum atomic E-state index is 5.90. The van der Waals surface area contributed by atoms with E-state index in [0.29, 0.717) is 13.2 Å². The maximum absolute atomic E-state index is 5.90. The predicted molar refractivity (Wildman–Crippen MR) is 111 cm³/mol. The van der Waals surface area contributed by atoms with E-state index in [1.165, 1.54) is 18.4 Å². The molecule has 0 radical (unpaired) electrons. The average molecular weight is 399 g/mol. The summed E-state index contributed by atoms with van der Waals surface area (Å²) in [6, 6.07) is 12.0. The summed E-state index contributed by atoms with van der Waals surface area (Å²) in [5.41, 5.74) is 1.17. The van der Waals surface area contributed by atoms with Crippen LogP contribution in [0.4, 0.5) is 5.95 Å². The zero-order valence-electron chi connectivity index (χ0n) is 16.2. The molecular formula is C21H26N4O2S. The number of hydrogen-bond acceptors (Lipinski definition) is 6. The van der Waals surface area contributed by atoms with Gasteiger partial charge < -0.3 is 14.1 Å². The van der Waals surface area contributed by atoms with E-state index in [9.17, 15) is 0 Å². The molecule has 0 atom stereocenters. The molecule has 0 aliphatic carbocycles. The molecule has 6 nitrogen and oxygen atoms in total. The largest absolute Gasteiger partial charge is 0.493 e. The summed E-state index contributed by atoms with van der Waals surface area (Å²) in [4.78, 5) is 2.32. The molecule has 3 heterocycles. The first-order valence-corrected chi connectivity index (χ1v) is 10.8. The van der Waals surface area contributed by atoms with Gasteiger partial charge in [0.1, 0.15) is 11.5 Å². The van der Waals surface area contributed by atoms with Crippen molar-refractivity contribution in [3.05, 3.63) is 54.0 Å². The Hall–Kier alpha value is -2.41. The van der Waals surface area contributed by atoms with Crippen LogP contribution in [0.2, 0.25) is 0 Å². The number of ether oxygens (including phenoxy) is 1. The van der Waals surface area contributed by atoms with Gasteiger partial charge >= 0.3 is 0 Å². The highest BCUT2D eigenvalue weighted by Gasteiger charge is 2.22. The first-order chi connectivity index (χ1) is 13.8. The lowest BCUT2D eigenvalue weighted by Gasteiger charge is -2.17. The lowest BCUT2D eigenvalue weighted by atomic mass is 10.2. The summed E-state index contributed by atoms with van der Waals surface area (Å²) in [6.07, 6.45) is 5.09. The van der Waals surface area contributed by atoms with E-state index in [0.717, 1.165) is 47.9 Å². The molecule has 0 bridgehead atoms. The molecule has 1 saturated heterocycles. The van der Waals surface area contributed by atoms with Crippen LogP contribution in [0.5, 0.6) is 5.75 Å². The molecule has 28 heavy (non-hydrogen) atoms. The highest BCUT2D eigenvalue weighted by atomic mass is 32.2. The Kier molecular flexibility index (Phi) is 6.21. The number of nitrogens with zero attached hydrogens (tertiary/aromatic N) is 4. The standard InChI is InChI=1S/C21H26N4O2S/c1-17-8-2-3-10-19(17)27-14-7-15-28-21-23-22-20(24-11-4-5-12-24)25(21)16-18-9-6-13-26-18/h2-3,6,8-10,13H,4-5,7,11-12,14-16H2,1H3. The predicted octanol–water partition coefficient (Wildman–Crippen LogP) is 4.39. The van der Waals surface area contributed by atoms with Crippen molar-refractivity contribution >= 4 is 17.7 Å². The molecule has 7 heteroatoms. The quantitative estimate of drug-likeness (QED) is 0.394. The number of aryl methyl sites for hydroxylation is 1. The first-order valence-electron chi connectivity index (χ1n) is 9.83. The molecular weight excluding hydrogens is 372 g/mol. The summed E-state index contributed by atoms with van der Waals surface area (Å²) in [5, 5.41) is 9.88. The van der Waals surface area contributed by atoms with Crippen LogP contribution >= 0.6 is 11.8 Å². The van der Waals surface area contributed by atoms with Gasteiger partial charge in [-0.3, -0.25) is 4.57 Å². The Labute approximate surface area is 169 Å². The van der Waals surface area contributed by atoms with Gasteiger partial charge in [0.15, 0.2) is 5.16 Å². The Balaban J connectivity index is 1.36. The number of thioether (sulfide) groups is 1. The monoisotopic (exact) mass is 398 g/mol. The number of benzene rings is 1. The van der Waals surface area contributed by atoms with Crippen molar-refractivity contribution in [2.75, 3.05) is 30.3 Å². The average Bonchev–Trinajstić information content (AvgIpc) is 3.46. The van der Waals surface area contributed by atoms with Crippen molar-refractivity contribution in [2.24, 2.45) is 0 Å². The highest BCUT2D eigenvalue weighted by molar-refractivity contribution is 7.99. The van der Waals surface area contributed by atoms with Gasteiger partial charge in [-0.1, -0.05) is 30.0 Å². The van der Waals surface area contributed by atoms with Gasteiger partial charge in [0.2, 0.25) is 5.95 Å². The smallest absolute Gasteiger partial charge is 0.228 e. The Morgan fingerprint density at radius 1 is 1.11 bits per heavy atom. The van der Waals surface area contributed by atoms with E-state index < -0.39 is 0 Å². The molecule has 0 unspecified atom stereocenters. The van der Waals surface area contributed by atoms with Crippen LogP contribution in [0.25, 0.3) is 0 Å².